The second kappa shape index (κ2) is 8.32. The van der Waals surface area contributed by atoms with Gasteiger partial charge in [-0.15, -0.1) is 0 Å². The number of hydrogen-bond acceptors (Lipinski definition) is 4. The van der Waals surface area contributed by atoms with Crippen LogP contribution < -0.4 is 4.74 Å². The standard InChI is InChI=1S/C25H32O4/c1-8-29-23-17(11-14-20(27)16-9-12-18(26)13-10-16)15-19(24(2,3)4)22(28)21(23)25(5,6)7/h9-15,26,28H,8H2,1-7H3. The van der Waals surface area contributed by atoms with Crippen molar-refractivity contribution < 1.29 is 19.7 Å². The minimum atomic E-state index is -0.348. The van der Waals surface area contributed by atoms with Gasteiger partial charge < -0.3 is 14.9 Å². The van der Waals surface area contributed by atoms with Crippen LogP contribution in [0.4, 0.5) is 0 Å². The molecule has 2 rings (SSSR count). The van der Waals surface area contributed by atoms with E-state index in [2.05, 4.69) is 0 Å². The fraction of sp³-hybridized carbons (Fsp3) is 0.400. The average molecular weight is 397 g/mol. The maximum Gasteiger partial charge on any atom is 0.185 e. The molecule has 0 atom stereocenters. The Balaban J connectivity index is 2.65. The first-order valence-electron chi connectivity index (χ1n) is 9.91. The van der Waals surface area contributed by atoms with Crippen molar-refractivity contribution in [3.8, 4) is 17.2 Å². The van der Waals surface area contributed by atoms with Gasteiger partial charge >= 0.3 is 0 Å². The normalized spacial score (nSPS) is 12.4. The van der Waals surface area contributed by atoms with Gasteiger partial charge in [0.1, 0.15) is 17.2 Å². The van der Waals surface area contributed by atoms with Gasteiger partial charge in [-0.2, -0.15) is 0 Å². The molecule has 0 aliphatic rings. The van der Waals surface area contributed by atoms with E-state index in [-0.39, 0.29) is 28.1 Å². The number of ether oxygens (including phenoxy) is 1. The zero-order valence-corrected chi connectivity index (χ0v) is 18.5. The Morgan fingerprint density at radius 3 is 2.07 bits per heavy atom. The fourth-order valence-electron chi connectivity index (χ4n) is 3.25. The molecular formula is C25H32O4. The lowest BCUT2D eigenvalue weighted by molar-refractivity contribution is 0.104. The smallest absolute Gasteiger partial charge is 0.185 e. The maximum atomic E-state index is 12.6. The van der Waals surface area contributed by atoms with Crippen LogP contribution >= 0.6 is 0 Å². The highest BCUT2D eigenvalue weighted by molar-refractivity contribution is 6.07. The number of aromatic hydroxyl groups is 2. The first kappa shape index (κ1) is 22.5. The molecule has 0 radical (unpaired) electrons. The minimum absolute atomic E-state index is 0.118. The summed E-state index contributed by atoms with van der Waals surface area (Å²) in [6, 6.07) is 8.05. The Hall–Kier alpha value is -2.75. The molecule has 29 heavy (non-hydrogen) atoms. The van der Waals surface area contributed by atoms with E-state index >= 15 is 0 Å². The van der Waals surface area contributed by atoms with E-state index in [1.807, 2.05) is 54.5 Å². The second-order valence-corrected chi connectivity index (χ2v) is 9.24. The number of ketones is 1. The largest absolute Gasteiger partial charge is 0.508 e. The third-order valence-electron chi connectivity index (χ3n) is 4.69. The molecule has 0 unspecified atom stereocenters. The van der Waals surface area contributed by atoms with Crippen LogP contribution in [0.2, 0.25) is 0 Å². The zero-order chi connectivity index (χ0) is 22.0. The second-order valence-electron chi connectivity index (χ2n) is 9.24. The monoisotopic (exact) mass is 396 g/mol. The average Bonchev–Trinajstić information content (AvgIpc) is 2.59. The molecular weight excluding hydrogens is 364 g/mol. The molecule has 4 heteroatoms. The first-order valence-corrected chi connectivity index (χ1v) is 9.91. The van der Waals surface area contributed by atoms with Crippen molar-refractivity contribution in [3.05, 3.63) is 58.7 Å². The Morgan fingerprint density at radius 1 is 1.00 bits per heavy atom. The number of allylic oxidation sites excluding steroid dienone is 1. The Labute approximate surface area is 173 Å². The predicted molar refractivity (Wildman–Crippen MR) is 118 cm³/mol. The number of carbonyl (C=O) groups excluding carboxylic acids is 1. The maximum absolute atomic E-state index is 12.6. The van der Waals surface area contributed by atoms with E-state index in [1.165, 1.54) is 18.2 Å². The lowest BCUT2D eigenvalue weighted by Crippen LogP contribution is -2.19. The van der Waals surface area contributed by atoms with E-state index < -0.39 is 0 Å². The SMILES string of the molecule is CCOc1c(C=CC(=O)c2ccc(O)cc2)cc(C(C)(C)C)c(O)c1C(C)(C)C. The van der Waals surface area contributed by atoms with Gasteiger partial charge in [-0.25, -0.2) is 0 Å². The molecule has 0 fully saturated rings. The molecule has 0 aromatic heterocycles. The summed E-state index contributed by atoms with van der Waals surface area (Å²) in [5, 5.41) is 20.5. The minimum Gasteiger partial charge on any atom is -0.508 e. The van der Waals surface area contributed by atoms with Crippen molar-refractivity contribution in [3.63, 3.8) is 0 Å². The fourth-order valence-corrected chi connectivity index (χ4v) is 3.25. The van der Waals surface area contributed by atoms with Crippen LogP contribution in [0.5, 0.6) is 17.2 Å². The molecule has 0 spiro atoms. The summed E-state index contributed by atoms with van der Waals surface area (Å²) in [4.78, 5) is 12.6. The van der Waals surface area contributed by atoms with E-state index in [0.29, 0.717) is 17.9 Å². The number of carbonyl (C=O) groups is 1. The van der Waals surface area contributed by atoms with Gasteiger partial charge in [-0.05, 0) is 60.2 Å². The third-order valence-corrected chi connectivity index (χ3v) is 4.69. The summed E-state index contributed by atoms with van der Waals surface area (Å²) >= 11 is 0. The van der Waals surface area contributed by atoms with E-state index in [1.54, 1.807) is 18.2 Å². The molecule has 2 N–H and O–H groups in total. The molecule has 156 valence electrons. The van der Waals surface area contributed by atoms with Crippen molar-refractivity contribution in [2.24, 2.45) is 0 Å². The predicted octanol–water partition coefficient (Wildman–Crippen LogP) is 5.99. The molecule has 0 saturated carbocycles. The van der Waals surface area contributed by atoms with Gasteiger partial charge in [-0.3, -0.25) is 4.79 Å². The van der Waals surface area contributed by atoms with Crippen molar-refractivity contribution in [1.82, 2.24) is 0 Å². The topological polar surface area (TPSA) is 66.8 Å². The highest BCUT2D eigenvalue weighted by Crippen LogP contribution is 2.46. The zero-order valence-electron chi connectivity index (χ0n) is 18.5. The third kappa shape index (κ3) is 5.20. The molecule has 4 nitrogen and oxygen atoms in total. The summed E-state index contributed by atoms with van der Waals surface area (Å²) in [5.74, 6) is 0.790. The van der Waals surface area contributed by atoms with Crippen LogP contribution in [0.25, 0.3) is 6.08 Å². The molecule has 0 amide bonds. The summed E-state index contributed by atoms with van der Waals surface area (Å²) in [6.45, 7) is 14.6. The molecule has 0 heterocycles. The summed E-state index contributed by atoms with van der Waals surface area (Å²) in [7, 11) is 0. The van der Waals surface area contributed by atoms with Crippen LogP contribution in [-0.2, 0) is 10.8 Å². The van der Waals surface area contributed by atoms with Gasteiger partial charge in [0, 0.05) is 22.3 Å². The lowest BCUT2D eigenvalue weighted by Gasteiger charge is -2.30. The van der Waals surface area contributed by atoms with Gasteiger partial charge in [0.25, 0.3) is 0 Å². The first-order chi connectivity index (χ1) is 13.4. The van der Waals surface area contributed by atoms with E-state index in [4.69, 9.17) is 4.74 Å². The summed E-state index contributed by atoms with van der Waals surface area (Å²) < 4.78 is 5.94. The van der Waals surface area contributed by atoms with Crippen LogP contribution in [0.3, 0.4) is 0 Å². The Kier molecular flexibility index (Phi) is 6.46. The molecule has 2 aromatic rings. The van der Waals surface area contributed by atoms with Crippen LogP contribution in [0.15, 0.2) is 36.4 Å². The molecule has 0 saturated heterocycles. The number of hydrogen-bond donors (Lipinski definition) is 2. The summed E-state index contributed by atoms with van der Waals surface area (Å²) in [5.41, 5.74) is 2.17. The molecule has 2 aromatic carbocycles. The van der Waals surface area contributed by atoms with Gasteiger partial charge in [0.05, 0.1) is 6.61 Å². The van der Waals surface area contributed by atoms with E-state index in [0.717, 1.165) is 16.7 Å². The number of phenols is 2. The highest BCUT2D eigenvalue weighted by atomic mass is 16.5. The van der Waals surface area contributed by atoms with Gasteiger partial charge in [0.15, 0.2) is 5.78 Å². The van der Waals surface area contributed by atoms with E-state index in [9.17, 15) is 15.0 Å². The van der Waals surface area contributed by atoms with Crippen molar-refractivity contribution in [1.29, 1.82) is 0 Å². The van der Waals surface area contributed by atoms with Crippen LogP contribution in [0.1, 0.15) is 75.5 Å². The molecule has 0 aliphatic heterocycles. The Morgan fingerprint density at radius 2 is 1.59 bits per heavy atom. The molecule has 0 aliphatic carbocycles. The highest BCUT2D eigenvalue weighted by Gasteiger charge is 2.31. The lowest BCUT2D eigenvalue weighted by atomic mass is 9.77. The molecule has 0 bridgehead atoms. The number of benzene rings is 2. The number of phenolic OH excluding ortho intramolecular Hbond substituents is 2. The van der Waals surface area contributed by atoms with Crippen molar-refractivity contribution in [2.75, 3.05) is 6.61 Å². The van der Waals surface area contributed by atoms with Crippen LogP contribution in [0, 0.1) is 0 Å². The Bertz CT molecular complexity index is 908. The quantitative estimate of drug-likeness (QED) is 0.481. The van der Waals surface area contributed by atoms with Gasteiger partial charge in [0.2, 0.25) is 0 Å². The van der Waals surface area contributed by atoms with Crippen molar-refractivity contribution >= 4 is 11.9 Å². The van der Waals surface area contributed by atoms with Crippen molar-refractivity contribution in [2.45, 2.75) is 59.3 Å². The van der Waals surface area contributed by atoms with Gasteiger partial charge in [-0.1, -0.05) is 41.5 Å². The summed E-state index contributed by atoms with van der Waals surface area (Å²) in [6.07, 6.45) is 3.24. The number of rotatable bonds is 5. The van der Waals surface area contributed by atoms with Crippen LogP contribution in [-0.4, -0.2) is 22.6 Å².